The van der Waals surface area contributed by atoms with Gasteiger partial charge in [-0.05, 0) is 11.6 Å². The van der Waals surface area contributed by atoms with Crippen LogP contribution >= 0.6 is 27.3 Å². The van der Waals surface area contributed by atoms with Gasteiger partial charge in [0, 0.05) is 17.6 Å². The number of fused-ring (bicyclic) bond motifs is 1. The van der Waals surface area contributed by atoms with Gasteiger partial charge in [-0.15, -0.1) is 0 Å². The molecule has 0 unspecified atom stereocenters. The molecule has 24 heavy (non-hydrogen) atoms. The molecule has 0 spiro atoms. The number of halogens is 1. The molecular formula is C16H15BrN4O2S. The molecule has 0 radical (unpaired) electrons. The normalized spacial score (nSPS) is 15.1. The second kappa shape index (κ2) is 6.62. The highest BCUT2D eigenvalue weighted by molar-refractivity contribution is 9.10. The van der Waals surface area contributed by atoms with Crippen LogP contribution < -0.4 is 10.5 Å². The first-order valence-electron chi connectivity index (χ1n) is 7.64. The summed E-state index contributed by atoms with van der Waals surface area (Å²) in [6, 6.07) is 8.02. The number of morpholine rings is 1. The molecule has 6 nitrogen and oxygen atoms in total. The summed E-state index contributed by atoms with van der Waals surface area (Å²) in [6.45, 7) is 3.58. The van der Waals surface area contributed by atoms with Crippen molar-refractivity contribution in [3.8, 4) is 0 Å². The summed E-state index contributed by atoms with van der Waals surface area (Å²) >= 11 is 4.98. The van der Waals surface area contributed by atoms with Crippen molar-refractivity contribution in [1.29, 1.82) is 0 Å². The van der Waals surface area contributed by atoms with Crippen LogP contribution in [0.5, 0.6) is 0 Å². The lowest BCUT2D eigenvalue weighted by Gasteiger charge is -2.25. The molecule has 1 aliphatic rings. The minimum atomic E-state index is -0.217. The molecule has 124 valence electrons. The van der Waals surface area contributed by atoms with E-state index in [0.29, 0.717) is 30.1 Å². The number of hydrogen-bond donors (Lipinski definition) is 0. The quantitative estimate of drug-likeness (QED) is 0.668. The molecule has 1 aliphatic heterocycles. The van der Waals surface area contributed by atoms with Gasteiger partial charge in [-0.1, -0.05) is 45.5 Å². The van der Waals surface area contributed by atoms with Gasteiger partial charge in [0.2, 0.25) is 0 Å². The molecule has 0 aliphatic carbocycles. The monoisotopic (exact) mass is 406 g/mol. The molecule has 0 bridgehead atoms. The number of rotatable bonds is 3. The number of aromatic nitrogens is 3. The summed E-state index contributed by atoms with van der Waals surface area (Å²) in [4.78, 5) is 23.0. The SMILES string of the molecule is O=c1ncn(Cc2ccccc2Br)c2nc(N3CCOCC3)sc12. The first-order chi connectivity index (χ1) is 11.7. The van der Waals surface area contributed by atoms with Gasteiger partial charge < -0.3 is 14.2 Å². The second-order valence-corrected chi connectivity index (χ2v) is 7.35. The van der Waals surface area contributed by atoms with E-state index in [2.05, 4.69) is 25.8 Å². The lowest BCUT2D eigenvalue weighted by molar-refractivity contribution is 0.122. The Morgan fingerprint density at radius 1 is 1.25 bits per heavy atom. The molecule has 0 amide bonds. The molecule has 0 saturated carbocycles. The van der Waals surface area contributed by atoms with Gasteiger partial charge >= 0.3 is 0 Å². The lowest BCUT2D eigenvalue weighted by atomic mass is 10.2. The van der Waals surface area contributed by atoms with E-state index < -0.39 is 0 Å². The van der Waals surface area contributed by atoms with Crippen LogP contribution in [0.1, 0.15) is 5.56 Å². The number of benzene rings is 1. The largest absolute Gasteiger partial charge is 0.378 e. The molecular weight excluding hydrogens is 392 g/mol. The van der Waals surface area contributed by atoms with Crippen LogP contribution in [0, 0.1) is 0 Å². The molecule has 1 aromatic carbocycles. The molecule has 2 aromatic heterocycles. The maximum Gasteiger partial charge on any atom is 0.292 e. The Morgan fingerprint density at radius 3 is 2.83 bits per heavy atom. The van der Waals surface area contributed by atoms with Crippen molar-refractivity contribution < 1.29 is 4.74 Å². The molecule has 8 heteroatoms. The van der Waals surface area contributed by atoms with Crippen molar-refractivity contribution >= 4 is 42.7 Å². The minimum Gasteiger partial charge on any atom is -0.378 e. The predicted molar refractivity (Wildman–Crippen MR) is 98.0 cm³/mol. The Balaban J connectivity index is 1.76. The van der Waals surface area contributed by atoms with E-state index >= 15 is 0 Å². The maximum atomic E-state index is 12.1. The predicted octanol–water partition coefficient (Wildman–Crippen LogP) is 2.50. The Bertz CT molecular complexity index is 933. The van der Waals surface area contributed by atoms with Crippen molar-refractivity contribution in [2.24, 2.45) is 0 Å². The highest BCUT2D eigenvalue weighted by Crippen LogP contribution is 2.27. The summed E-state index contributed by atoms with van der Waals surface area (Å²) in [5, 5.41) is 0.860. The minimum absolute atomic E-state index is 0.217. The Kier molecular flexibility index (Phi) is 4.34. The fraction of sp³-hybridized carbons (Fsp3) is 0.312. The zero-order chi connectivity index (χ0) is 16.5. The zero-order valence-electron chi connectivity index (χ0n) is 12.8. The number of hydrogen-bond acceptors (Lipinski definition) is 6. The average molecular weight is 407 g/mol. The fourth-order valence-corrected chi connectivity index (χ4v) is 4.12. The van der Waals surface area contributed by atoms with Gasteiger partial charge in [-0.25, -0.2) is 4.98 Å². The van der Waals surface area contributed by atoms with E-state index in [1.165, 1.54) is 11.3 Å². The van der Waals surface area contributed by atoms with E-state index in [1.807, 2.05) is 28.8 Å². The van der Waals surface area contributed by atoms with E-state index in [0.717, 1.165) is 28.3 Å². The van der Waals surface area contributed by atoms with Crippen LogP contribution in [0.15, 0.2) is 39.9 Å². The standard InChI is InChI=1S/C16H15BrN4O2S/c17-12-4-2-1-3-11(12)9-21-10-18-15(22)13-14(21)19-16(24-13)20-5-7-23-8-6-20/h1-4,10H,5-9H2. The number of nitrogens with zero attached hydrogens (tertiary/aromatic N) is 4. The van der Waals surface area contributed by atoms with Gasteiger partial charge in [0.15, 0.2) is 10.8 Å². The van der Waals surface area contributed by atoms with Crippen LogP contribution in [0.2, 0.25) is 0 Å². The fourth-order valence-electron chi connectivity index (χ4n) is 2.69. The highest BCUT2D eigenvalue weighted by Gasteiger charge is 2.18. The first-order valence-corrected chi connectivity index (χ1v) is 9.25. The van der Waals surface area contributed by atoms with Gasteiger partial charge in [-0.2, -0.15) is 4.98 Å². The second-order valence-electron chi connectivity index (χ2n) is 5.52. The smallest absolute Gasteiger partial charge is 0.292 e. The van der Waals surface area contributed by atoms with Gasteiger partial charge in [-0.3, -0.25) is 4.79 Å². The first kappa shape index (κ1) is 15.7. The topological polar surface area (TPSA) is 60.2 Å². The van der Waals surface area contributed by atoms with Crippen LogP contribution in [-0.2, 0) is 11.3 Å². The average Bonchev–Trinajstić information content (AvgIpc) is 3.06. The van der Waals surface area contributed by atoms with Crippen molar-refractivity contribution in [2.75, 3.05) is 31.2 Å². The van der Waals surface area contributed by atoms with Crippen LogP contribution in [0.4, 0.5) is 5.13 Å². The van der Waals surface area contributed by atoms with Gasteiger partial charge in [0.25, 0.3) is 5.56 Å². The van der Waals surface area contributed by atoms with Gasteiger partial charge in [0.05, 0.1) is 19.8 Å². The third-order valence-corrected chi connectivity index (χ3v) is 5.83. The van der Waals surface area contributed by atoms with Crippen molar-refractivity contribution in [3.05, 3.63) is 51.0 Å². The molecule has 1 saturated heterocycles. The Morgan fingerprint density at radius 2 is 2.04 bits per heavy atom. The molecule has 0 atom stereocenters. The summed E-state index contributed by atoms with van der Waals surface area (Å²) < 4.78 is 8.94. The number of anilines is 1. The van der Waals surface area contributed by atoms with Crippen LogP contribution in [-0.4, -0.2) is 40.8 Å². The molecule has 0 N–H and O–H groups in total. The third-order valence-electron chi connectivity index (χ3n) is 3.96. The summed E-state index contributed by atoms with van der Waals surface area (Å²) in [6.07, 6.45) is 1.58. The van der Waals surface area contributed by atoms with Crippen molar-refractivity contribution in [2.45, 2.75) is 6.54 Å². The van der Waals surface area contributed by atoms with Gasteiger partial charge in [0.1, 0.15) is 11.0 Å². The van der Waals surface area contributed by atoms with Crippen LogP contribution in [0.3, 0.4) is 0 Å². The van der Waals surface area contributed by atoms with E-state index in [-0.39, 0.29) is 5.56 Å². The molecule has 1 fully saturated rings. The Labute approximate surface area is 150 Å². The molecule has 3 aromatic rings. The zero-order valence-corrected chi connectivity index (χ0v) is 15.2. The maximum absolute atomic E-state index is 12.1. The molecule has 4 rings (SSSR count). The van der Waals surface area contributed by atoms with Crippen molar-refractivity contribution in [1.82, 2.24) is 14.5 Å². The number of ether oxygens (including phenoxy) is 1. The summed E-state index contributed by atoms with van der Waals surface area (Å²) in [5.41, 5.74) is 1.59. The Hall–Kier alpha value is -1.77. The number of thiazole rings is 1. The summed E-state index contributed by atoms with van der Waals surface area (Å²) in [5.74, 6) is 0. The summed E-state index contributed by atoms with van der Waals surface area (Å²) in [7, 11) is 0. The lowest BCUT2D eigenvalue weighted by Crippen LogP contribution is -2.36. The third kappa shape index (κ3) is 2.97. The van der Waals surface area contributed by atoms with E-state index in [9.17, 15) is 4.79 Å². The van der Waals surface area contributed by atoms with E-state index in [4.69, 9.17) is 9.72 Å². The molecule has 3 heterocycles. The van der Waals surface area contributed by atoms with E-state index in [1.54, 1.807) is 6.33 Å². The van der Waals surface area contributed by atoms with Crippen molar-refractivity contribution in [3.63, 3.8) is 0 Å². The highest BCUT2D eigenvalue weighted by atomic mass is 79.9. The van der Waals surface area contributed by atoms with Crippen LogP contribution in [0.25, 0.3) is 10.3 Å².